The van der Waals surface area contributed by atoms with Gasteiger partial charge in [-0.1, -0.05) is 0 Å². The van der Waals surface area contributed by atoms with E-state index in [0.717, 1.165) is 0 Å². The van der Waals surface area contributed by atoms with E-state index < -0.39 is 11.9 Å². The third-order valence-corrected chi connectivity index (χ3v) is 5.23. The molecule has 0 aromatic carbocycles. The second-order valence-corrected chi connectivity index (χ2v) is 8.35. The predicted molar refractivity (Wildman–Crippen MR) is 108 cm³/mol. The quantitative estimate of drug-likeness (QED) is 0.591. The number of hydrogen-bond acceptors (Lipinski definition) is 8. The minimum Gasteiger partial charge on any atom is -0.462 e. The van der Waals surface area contributed by atoms with Crippen molar-refractivity contribution in [3.05, 3.63) is 16.8 Å². The lowest BCUT2D eigenvalue weighted by Crippen LogP contribution is -2.25. The molecule has 0 atom stereocenters. The van der Waals surface area contributed by atoms with E-state index in [0.29, 0.717) is 21.3 Å². The number of hydrogen-bond donors (Lipinski definition) is 1. The lowest BCUT2D eigenvalue weighted by atomic mass is 10.1. The lowest BCUT2D eigenvalue weighted by molar-refractivity contribution is 0.0521. The van der Waals surface area contributed by atoms with Gasteiger partial charge < -0.3 is 10.5 Å². The Morgan fingerprint density at radius 2 is 1.67 bits per heavy atom. The topological polar surface area (TPSA) is 105 Å². The van der Waals surface area contributed by atoms with E-state index in [2.05, 4.69) is 10.2 Å². The number of nitrogens with two attached hydrogens (primary N) is 1. The average molecular weight is 412 g/mol. The maximum absolute atomic E-state index is 13.3. The second kappa shape index (κ2) is 7.97. The SMILES string of the molecule is CCOC(=O)c1c(SC)nn(C(=O)c2c(SC)nn(C(C)(C)C)c2N)c1C. The highest BCUT2D eigenvalue weighted by atomic mass is 32.2. The number of thioether (sulfide) groups is 2. The Bertz CT molecular complexity index is 880. The predicted octanol–water partition coefficient (Wildman–Crippen LogP) is 3.03. The molecule has 0 unspecified atom stereocenters. The molecular formula is C17H25N5O3S2. The van der Waals surface area contributed by atoms with E-state index in [1.165, 1.54) is 28.2 Å². The van der Waals surface area contributed by atoms with Gasteiger partial charge in [-0.05, 0) is 47.1 Å². The maximum atomic E-state index is 13.3. The lowest BCUT2D eigenvalue weighted by Gasteiger charge is -2.20. The first kappa shape index (κ1) is 21.4. The van der Waals surface area contributed by atoms with Crippen LogP contribution in [0.1, 0.15) is 54.1 Å². The fourth-order valence-electron chi connectivity index (χ4n) is 2.63. The third kappa shape index (κ3) is 3.86. The van der Waals surface area contributed by atoms with Crippen LogP contribution in [0, 0.1) is 6.92 Å². The minimum absolute atomic E-state index is 0.243. The Hall–Kier alpha value is -1.94. The van der Waals surface area contributed by atoms with Crippen molar-refractivity contribution < 1.29 is 14.3 Å². The van der Waals surface area contributed by atoms with Crippen molar-refractivity contribution in [2.75, 3.05) is 24.9 Å². The van der Waals surface area contributed by atoms with Crippen LogP contribution < -0.4 is 5.73 Å². The number of nitrogens with zero attached hydrogens (tertiary/aromatic N) is 4. The van der Waals surface area contributed by atoms with Gasteiger partial charge in [-0.25, -0.2) is 9.48 Å². The molecule has 2 heterocycles. The summed E-state index contributed by atoms with van der Waals surface area (Å²) in [5, 5.41) is 9.76. The van der Waals surface area contributed by atoms with Gasteiger partial charge in [0, 0.05) is 0 Å². The molecule has 27 heavy (non-hydrogen) atoms. The van der Waals surface area contributed by atoms with Crippen molar-refractivity contribution in [3.8, 4) is 0 Å². The van der Waals surface area contributed by atoms with E-state index in [1.54, 1.807) is 24.8 Å². The largest absolute Gasteiger partial charge is 0.462 e. The Balaban J connectivity index is 2.63. The molecular weight excluding hydrogens is 386 g/mol. The summed E-state index contributed by atoms with van der Waals surface area (Å²) in [4.78, 5) is 25.6. The van der Waals surface area contributed by atoms with Crippen molar-refractivity contribution in [1.82, 2.24) is 19.6 Å². The molecule has 0 saturated carbocycles. The second-order valence-electron chi connectivity index (χ2n) is 6.76. The smallest absolute Gasteiger partial charge is 0.342 e. The molecule has 0 bridgehead atoms. The summed E-state index contributed by atoms with van der Waals surface area (Å²) in [6.07, 6.45) is 3.62. The molecule has 10 heteroatoms. The number of aromatic nitrogens is 4. The van der Waals surface area contributed by atoms with E-state index in [1.807, 2.05) is 27.0 Å². The van der Waals surface area contributed by atoms with Crippen LogP contribution in [0.4, 0.5) is 5.82 Å². The van der Waals surface area contributed by atoms with Crippen LogP contribution >= 0.6 is 23.5 Å². The normalized spacial score (nSPS) is 11.7. The summed E-state index contributed by atoms with van der Waals surface area (Å²) in [6, 6.07) is 0. The van der Waals surface area contributed by atoms with Gasteiger partial charge in [0.05, 0.1) is 17.8 Å². The molecule has 0 spiro atoms. The highest BCUT2D eigenvalue weighted by Crippen LogP contribution is 2.31. The van der Waals surface area contributed by atoms with E-state index >= 15 is 0 Å². The molecule has 0 amide bonds. The molecule has 2 aromatic rings. The third-order valence-electron chi connectivity index (χ3n) is 3.88. The van der Waals surface area contributed by atoms with E-state index in [4.69, 9.17) is 10.5 Å². The van der Waals surface area contributed by atoms with Gasteiger partial charge in [-0.15, -0.1) is 23.5 Å². The fraction of sp³-hybridized carbons (Fsp3) is 0.529. The van der Waals surface area contributed by atoms with Crippen LogP contribution in [0.15, 0.2) is 10.1 Å². The highest BCUT2D eigenvalue weighted by molar-refractivity contribution is 7.98. The summed E-state index contributed by atoms with van der Waals surface area (Å²) >= 11 is 2.61. The van der Waals surface area contributed by atoms with Gasteiger partial charge in [0.1, 0.15) is 27.0 Å². The molecule has 0 aliphatic carbocycles. The summed E-state index contributed by atoms with van der Waals surface area (Å²) in [7, 11) is 0. The molecule has 0 fully saturated rings. The van der Waals surface area contributed by atoms with Crippen molar-refractivity contribution >= 4 is 41.2 Å². The van der Waals surface area contributed by atoms with Crippen molar-refractivity contribution in [1.29, 1.82) is 0 Å². The zero-order valence-electron chi connectivity index (χ0n) is 16.6. The average Bonchev–Trinajstić information content (AvgIpc) is 3.11. The van der Waals surface area contributed by atoms with Crippen LogP contribution in [0.25, 0.3) is 0 Å². The van der Waals surface area contributed by atoms with Gasteiger partial charge >= 0.3 is 5.97 Å². The number of esters is 1. The number of carbonyl (C=O) groups excluding carboxylic acids is 2. The fourth-order valence-corrected chi connectivity index (χ4v) is 3.78. The Morgan fingerprint density at radius 3 is 2.15 bits per heavy atom. The Labute approximate surface area is 167 Å². The highest BCUT2D eigenvalue weighted by Gasteiger charge is 2.31. The van der Waals surface area contributed by atoms with Crippen LogP contribution in [0.2, 0.25) is 0 Å². The first-order chi connectivity index (χ1) is 12.6. The zero-order chi connectivity index (χ0) is 20.5. The Morgan fingerprint density at radius 1 is 1.11 bits per heavy atom. The van der Waals surface area contributed by atoms with Gasteiger partial charge in [0.25, 0.3) is 5.91 Å². The minimum atomic E-state index is -0.498. The number of carbonyl (C=O) groups is 2. The van der Waals surface area contributed by atoms with Gasteiger partial charge in [-0.3, -0.25) is 4.79 Å². The molecule has 8 nitrogen and oxygen atoms in total. The molecule has 148 valence electrons. The molecule has 0 saturated heterocycles. The monoisotopic (exact) mass is 411 g/mol. The summed E-state index contributed by atoms with van der Waals surface area (Å²) in [6.45, 7) is 9.51. The first-order valence-electron chi connectivity index (χ1n) is 8.36. The van der Waals surface area contributed by atoms with Crippen molar-refractivity contribution in [2.24, 2.45) is 0 Å². The van der Waals surface area contributed by atoms with Crippen LogP contribution in [0.3, 0.4) is 0 Å². The number of rotatable bonds is 5. The zero-order valence-corrected chi connectivity index (χ0v) is 18.2. The van der Waals surface area contributed by atoms with Crippen LogP contribution in [0.5, 0.6) is 0 Å². The summed E-state index contributed by atoms with van der Waals surface area (Å²) < 4.78 is 7.94. The standard InChI is InChI=1S/C17H25N5O3S2/c1-8-25-16(24)10-9(2)21(19-13(10)26-6)15(23)11-12(18)22(17(3,4)5)20-14(11)27-7/h8,18H2,1-7H3. The number of ether oxygens (including phenoxy) is 1. The molecule has 0 aliphatic rings. The maximum Gasteiger partial charge on any atom is 0.342 e. The van der Waals surface area contributed by atoms with E-state index in [9.17, 15) is 9.59 Å². The van der Waals surface area contributed by atoms with Crippen LogP contribution in [-0.4, -0.2) is 50.6 Å². The molecule has 2 aromatic heterocycles. The van der Waals surface area contributed by atoms with E-state index in [-0.39, 0.29) is 23.5 Å². The molecule has 2 N–H and O–H groups in total. The first-order valence-corrected chi connectivity index (χ1v) is 10.8. The summed E-state index contributed by atoms with van der Waals surface area (Å²) in [5.74, 6) is -0.646. The van der Waals surface area contributed by atoms with Crippen molar-refractivity contribution in [2.45, 2.75) is 50.2 Å². The van der Waals surface area contributed by atoms with Gasteiger partial charge in [0.15, 0.2) is 0 Å². The van der Waals surface area contributed by atoms with Gasteiger partial charge in [0.2, 0.25) is 0 Å². The number of nitrogen functional groups attached to an aromatic ring is 1. The van der Waals surface area contributed by atoms with Crippen LogP contribution in [-0.2, 0) is 10.3 Å². The molecule has 0 radical (unpaired) electrons. The molecule has 0 aliphatic heterocycles. The Kier molecular flexibility index (Phi) is 6.31. The molecule has 2 rings (SSSR count). The van der Waals surface area contributed by atoms with Crippen molar-refractivity contribution in [3.63, 3.8) is 0 Å². The number of anilines is 1. The summed E-state index contributed by atoms with van der Waals surface area (Å²) in [5.41, 5.74) is 6.88. The van der Waals surface area contributed by atoms with Gasteiger partial charge in [-0.2, -0.15) is 14.9 Å².